The zero-order valence-corrected chi connectivity index (χ0v) is 14.5. The van der Waals surface area contributed by atoms with Gasteiger partial charge in [0.05, 0.1) is 16.6 Å². The second kappa shape index (κ2) is 5.41. The summed E-state index contributed by atoms with van der Waals surface area (Å²) < 4.78 is 5.43. The minimum Gasteiger partial charge on any atom is -0.444 e. The van der Waals surface area contributed by atoms with Crippen LogP contribution in [-0.4, -0.2) is 41.6 Å². The van der Waals surface area contributed by atoms with Gasteiger partial charge in [-0.15, -0.1) is 0 Å². The van der Waals surface area contributed by atoms with Crippen LogP contribution in [0.25, 0.3) is 0 Å². The van der Waals surface area contributed by atoms with Gasteiger partial charge in [0.25, 0.3) is 5.91 Å². The van der Waals surface area contributed by atoms with Gasteiger partial charge in [-0.05, 0) is 38.8 Å². The van der Waals surface area contributed by atoms with Crippen molar-refractivity contribution in [2.75, 3.05) is 13.1 Å². The fourth-order valence-corrected chi connectivity index (χ4v) is 3.47. The highest BCUT2D eigenvalue weighted by Crippen LogP contribution is 2.38. The number of nitrogens with one attached hydrogen (secondary N) is 1. The van der Waals surface area contributed by atoms with Gasteiger partial charge in [-0.25, -0.2) is 4.79 Å². The smallest absolute Gasteiger partial charge is 0.410 e. The van der Waals surface area contributed by atoms with Crippen LogP contribution >= 0.6 is 11.6 Å². The van der Waals surface area contributed by atoms with Crippen molar-refractivity contribution in [3.05, 3.63) is 33.8 Å². The minimum atomic E-state index is -0.535. The number of amides is 2. The molecular weight excluding hydrogens is 316 g/mol. The van der Waals surface area contributed by atoms with Crippen molar-refractivity contribution in [1.29, 1.82) is 0 Å². The van der Waals surface area contributed by atoms with Gasteiger partial charge >= 0.3 is 6.09 Å². The standard InChI is InChI=1S/C17H21ClN2O3/c1-9-5-6-10-11-7-20(16(22)23-17(2,3)4)8-12(11)19-15(21)13(10)14(9)18/h5-6,11-12H,7-8H2,1-4H3,(H,19,21)/t11-,12+/m1/s1. The van der Waals surface area contributed by atoms with Gasteiger partial charge in [-0.2, -0.15) is 0 Å². The summed E-state index contributed by atoms with van der Waals surface area (Å²) in [7, 11) is 0. The summed E-state index contributed by atoms with van der Waals surface area (Å²) in [4.78, 5) is 26.3. The Kier molecular flexibility index (Phi) is 3.79. The molecule has 1 aromatic carbocycles. The van der Waals surface area contributed by atoms with Crippen LogP contribution in [0.5, 0.6) is 0 Å². The molecule has 0 aromatic heterocycles. The van der Waals surface area contributed by atoms with Crippen molar-refractivity contribution < 1.29 is 14.3 Å². The molecule has 3 rings (SSSR count). The van der Waals surface area contributed by atoms with Crippen LogP contribution in [-0.2, 0) is 4.74 Å². The molecule has 1 saturated heterocycles. The number of benzene rings is 1. The van der Waals surface area contributed by atoms with Crippen molar-refractivity contribution in [1.82, 2.24) is 10.2 Å². The fourth-order valence-electron chi connectivity index (χ4n) is 3.22. The Morgan fingerprint density at radius 2 is 2.04 bits per heavy atom. The average molecular weight is 337 g/mol. The molecule has 0 spiro atoms. The molecule has 2 aliphatic rings. The number of carbonyl (C=O) groups excluding carboxylic acids is 2. The van der Waals surface area contributed by atoms with Crippen molar-refractivity contribution in [3.63, 3.8) is 0 Å². The number of carbonyl (C=O) groups is 2. The van der Waals surface area contributed by atoms with E-state index in [-0.39, 0.29) is 24.0 Å². The maximum Gasteiger partial charge on any atom is 0.410 e. The molecule has 1 N–H and O–H groups in total. The van der Waals surface area contributed by atoms with Crippen LogP contribution < -0.4 is 5.32 Å². The van der Waals surface area contributed by atoms with Crippen molar-refractivity contribution in [2.45, 2.75) is 45.3 Å². The third-order valence-corrected chi connectivity index (χ3v) is 4.77. The van der Waals surface area contributed by atoms with E-state index in [4.69, 9.17) is 16.3 Å². The highest BCUT2D eigenvalue weighted by molar-refractivity contribution is 6.35. The van der Waals surface area contributed by atoms with Gasteiger partial charge in [0.2, 0.25) is 0 Å². The largest absolute Gasteiger partial charge is 0.444 e. The number of hydrogen-bond donors (Lipinski definition) is 1. The monoisotopic (exact) mass is 336 g/mol. The molecule has 2 amide bonds. The molecule has 2 atom stereocenters. The molecule has 23 heavy (non-hydrogen) atoms. The second-order valence-corrected chi connectivity index (χ2v) is 7.61. The molecule has 0 saturated carbocycles. The SMILES string of the molecule is Cc1ccc2c(c1Cl)C(=O)N[C@H]1CN(C(=O)OC(C)(C)C)C[C@H]21. The fraction of sp³-hybridized carbons (Fsp3) is 0.529. The lowest BCUT2D eigenvalue weighted by Gasteiger charge is -2.28. The number of ether oxygens (including phenoxy) is 1. The van der Waals surface area contributed by atoms with Crippen LogP contribution in [0.1, 0.15) is 48.2 Å². The van der Waals surface area contributed by atoms with E-state index >= 15 is 0 Å². The number of halogens is 1. The quantitative estimate of drug-likeness (QED) is 0.792. The summed E-state index contributed by atoms with van der Waals surface area (Å²) in [6, 6.07) is 3.78. The number of likely N-dealkylation sites (tertiary alicyclic amines) is 1. The number of rotatable bonds is 0. The number of fused-ring (bicyclic) bond motifs is 3. The van der Waals surface area contributed by atoms with Crippen LogP contribution in [0, 0.1) is 6.92 Å². The maximum atomic E-state index is 12.4. The van der Waals surface area contributed by atoms with Crippen LogP contribution in [0.15, 0.2) is 12.1 Å². The zero-order chi connectivity index (χ0) is 16.9. The molecule has 0 aliphatic carbocycles. The molecular formula is C17H21ClN2O3. The predicted molar refractivity (Wildman–Crippen MR) is 88.0 cm³/mol. The number of aryl methyl sites for hydroxylation is 1. The minimum absolute atomic E-state index is 0.0494. The molecule has 1 aromatic rings. The Morgan fingerprint density at radius 3 is 2.70 bits per heavy atom. The van der Waals surface area contributed by atoms with Gasteiger partial charge in [0.15, 0.2) is 0 Å². The van der Waals surface area contributed by atoms with E-state index in [1.54, 1.807) is 4.90 Å². The highest BCUT2D eigenvalue weighted by atomic mass is 35.5. The third-order valence-electron chi connectivity index (χ3n) is 4.28. The molecule has 0 unspecified atom stereocenters. The number of hydrogen-bond acceptors (Lipinski definition) is 3. The summed E-state index contributed by atoms with van der Waals surface area (Å²) in [5.41, 5.74) is 1.80. The van der Waals surface area contributed by atoms with E-state index in [1.807, 2.05) is 39.8 Å². The Bertz CT molecular complexity index is 681. The molecule has 0 bridgehead atoms. The molecule has 124 valence electrons. The molecule has 5 nitrogen and oxygen atoms in total. The highest BCUT2D eigenvalue weighted by Gasteiger charge is 2.43. The van der Waals surface area contributed by atoms with Gasteiger partial charge in [-0.3, -0.25) is 4.79 Å². The summed E-state index contributed by atoms with van der Waals surface area (Å²) in [5, 5.41) is 3.47. The van der Waals surface area contributed by atoms with Crippen LogP contribution in [0.4, 0.5) is 4.79 Å². The first kappa shape index (κ1) is 16.1. The van der Waals surface area contributed by atoms with Crippen LogP contribution in [0.2, 0.25) is 5.02 Å². The van der Waals surface area contributed by atoms with Crippen molar-refractivity contribution in [3.8, 4) is 0 Å². The van der Waals surface area contributed by atoms with E-state index in [0.29, 0.717) is 23.7 Å². The topological polar surface area (TPSA) is 58.6 Å². The Balaban J connectivity index is 1.88. The van der Waals surface area contributed by atoms with E-state index in [2.05, 4.69) is 5.32 Å². The van der Waals surface area contributed by atoms with Gasteiger partial charge in [-0.1, -0.05) is 23.7 Å². The Hall–Kier alpha value is -1.75. The van der Waals surface area contributed by atoms with Gasteiger partial charge in [0, 0.05) is 19.0 Å². The molecule has 2 heterocycles. The van der Waals surface area contributed by atoms with Crippen molar-refractivity contribution >= 4 is 23.6 Å². The summed E-state index contributed by atoms with van der Waals surface area (Å²) >= 11 is 6.32. The summed E-state index contributed by atoms with van der Waals surface area (Å²) in [6.07, 6.45) is -0.346. The van der Waals surface area contributed by atoms with E-state index in [1.165, 1.54) is 0 Å². The maximum absolute atomic E-state index is 12.4. The van der Waals surface area contributed by atoms with E-state index in [0.717, 1.165) is 11.1 Å². The molecule has 1 fully saturated rings. The third kappa shape index (κ3) is 2.90. The average Bonchev–Trinajstić information content (AvgIpc) is 2.84. The normalized spacial score (nSPS) is 23.2. The Morgan fingerprint density at radius 1 is 1.35 bits per heavy atom. The first-order valence-electron chi connectivity index (χ1n) is 7.75. The van der Waals surface area contributed by atoms with Gasteiger partial charge in [0.1, 0.15) is 5.60 Å². The van der Waals surface area contributed by atoms with Crippen LogP contribution in [0.3, 0.4) is 0 Å². The molecule has 2 aliphatic heterocycles. The summed E-state index contributed by atoms with van der Waals surface area (Å²) in [6.45, 7) is 8.38. The first-order valence-corrected chi connectivity index (χ1v) is 8.13. The molecule has 0 radical (unpaired) electrons. The number of nitrogens with zero attached hydrogens (tertiary/aromatic N) is 1. The van der Waals surface area contributed by atoms with E-state index in [9.17, 15) is 9.59 Å². The van der Waals surface area contributed by atoms with Gasteiger partial charge < -0.3 is 15.0 Å². The lowest BCUT2D eigenvalue weighted by molar-refractivity contribution is 0.0288. The van der Waals surface area contributed by atoms with Crippen molar-refractivity contribution in [2.24, 2.45) is 0 Å². The Labute approximate surface area is 140 Å². The summed E-state index contributed by atoms with van der Waals surface area (Å²) in [5.74, 6) is -0.116. The lowest BCUT2D eigenvalue weighted by Crippen LogP contribution is -2.45. The second-order valence-electron chi connectivity index (χ2n) is 7.23. The lowest BCUT2D eigenvalue weighted by atomic mass is 9.85. The zero-order valence-electron chi connectivity index (χ0n) is 13.8. The first-order chi connectivity index (χ1) is 10.7. The predicted octanol–water partition coefficient (Wildman–Crippen LogP) is 3.09. The molecule has 6 heteroatoms. The van der Waals surface area contributed by atoms with E-state index < -0.39 is 5.60 Å².